The van der Waals surface area contributed by atoms with Crippen molar-refractivity contribution in [3.8, 4) is 5.75 Å². The lowest BCUT2D eigenvalue weighted by molar-refractivity contribution is -0.151. The summed E-state index contributed by atoms with van der Waals surface area (Å²) in [5.41, 5.74) is 0.647. The third-order valence-electron chi connectivity index (χ3n) is 4.06. The molecule has 1 atom stereocenters. The number of nitrogens with one attached hydrogen (secondary N) is 1. The molecule has 1 aliphatic rings. The van der Waals surface area contributed by atoms with E-state index in [1.54, 1.807) is 37.3 Å². The number of aromatic nitrogens is 1. The van der Waals surface area contributed by atoms with Gasteiger partial charge in [-0.2, -0.15) is 0 Å². The maximum atomic E-state index is 12.3. The molecule has 1 aromatic heterocycles. The molecular formula is C18H19N3O6. The Morgan fingerprint density at radius 1 is 1.37 bits per heavy atom. The summed E-state index contributed by atoms with van der Waals surface area (Å²) in [5.74, 6) is -0.548. The summed E-state index contributed by atoms with van der Waals surface area (Å²) in [6, 6.07) is 8.57. The Kier molecular flexibility index (Phi) is 5.39. The number of aryl methyl sites for hydroxylation is 1. The molecule has 9 heteroatoms. The highest BCUT2D eigenvalue weighted by molar-refractivity contribution is 6.00. The molecule has 1 aromatic carbocycles. The molecular weight excluding hydrogens is 354 g/mol. The summed E-state index contributed by atoms with van der Waals surface area (Å²) in [7, 11) is 1.54. The number of nitrogens with zero attached hydrogens (tertiary/aromatic N) is 2. The van der Waals surface area contributed by atoms with E-state index in [-0.39, 0.29) is 24.7 Å². The van der Waals surface area contributed by atoms with Crippen molar-refractivity contribution in [1.29, 1.82) is 0 Å². The van der Waals surface area contributed by atoms with Crippen molar-refractivity contribution < 1.29 is 28.4 Å². The average Bonchev–Trinajstić information content (AvgIpc) is 3.25. The van der Waals surface area contributed by atoms with E-state index in [0.29, 0.717) is 17.2 Å². The number of rotatable bonds is 6. The summed E-state index contributed by atoms with van der Waals surface area (Å²) in [6.45, 7) is 1.41. The molecule has 0 radical (unpaired) electrons. The normalized spacial score (nSPS) is 16.3. The first-order valence-corrected chi connectivity index (χ1v) is 8.30. The second kappa shape index (κ2) is 7.90. The van der Waals surface area contributed by atoms with Gasteiger partial charge in [0.05, 0.1) is 13.0 Å². The molecule has 27 heavy (non-hydrogen) atoms. The molecule has 2 heterocycles. The van der Waals surface area contributed by atoms with Crippen LogP contribution in [0, 0.1) is 12.8 Å². The first-order chi connectivity index (χ1) is 13.0. The van der Waals surface area contributed by atoms with Crippen molar-refractivity contribution in [2.75, 3.05) is 30.5 Å². The van der Waals surface area contributed by atoms with Crippen LogP contribution >= 0.6 is 0 Å². The predicted octanol–water partition coefficient (Wildman–Crippen LogP) is 1.53. The highest BCUT2D eigenvalue weighted by Gasteiger charge is 2.36. The van der Waals surface area contributed by atoms with Gasteiger partial charge in [-0.15, -0.1) is 0 Å². The third-order valence-corrected chi connectivity index (χ3v) is 4.06. The van der Waals surface area contributed by atoms with Crippen LogP contribution in [0.1, 0.15) is 12.2 Å². The standard InChI is InChI=1S/C18H19N3O6/c1-11-6-15(20-27-11)19-16(22)10-26-18(24)12-7-17(23)21(9-12)13-4-3-5-14(8-13)25-2/h3-6,8,12H,7,9-10H2,1-2H3,(H,19,20,22)/t12-/m0/s1. The fourth-order valence-corrected chi connectivity index (χ4v) is 2.75. The van der Waals surface area contributed by atoms with Gasteiger partial charge in [-0.3, -0.25) is 14.4 Å². The number of ether oxygens (including phenoxy) is 2. The minimum Gasteiger partial charge on any atom is -0.497 e. The van der Waals surface area contributed by atoms with E-state index in [4.69, 9.17) is 14.0 Å². The van der Waals surface area contributed by atoms with Crippen molar-refractivity contribution in [2.24, 2.45) is 5.92 Å². The first-order valence-electron chi connectivity index (χ1n) is 8.30. The zero-order chi connectivity index (χ0) is 19.4. The maximum absolute atomic E-state index is 12.3. The molecule has 1 aliphatic heterocycles. The molecule has 2 aromatic rings. The summed E-state index contributed by atoms with van der Waals surface area (Å²) >= 11 is 0. The van der Waals surface area contributed by atoms with E-state index in [1.807, 2.05) is 0 Å². The molecule has 0 bridgehead atoms. The number of hydrogen-bond donors (Lipinski definition) is 1. The van der Waals surface area contributed by atoms with Gasteiger partial charge in [0.2, 0.25) is 5.91 Å². The number of hydrogen-bond acceptors (Lipinski definition) is 7. The molecule has 0 spiro atoms. The van der Waals surface area contributed by atoms with Crippen LogP contribution in [-0.2, 0) is 19.1 Å². The molecule has 1 N–H and O–H groups in total. The number of anilines is 2. The molecule has 3 rings (SSSR count). The lowest BCUT2D eigenvalue weighted by atomic mass is 10.1. The fourth-order valence-electron chi connectivity index (χ4n) is 2.75. The van der Waals surface area contributed by atoms with Gasteiger partial charge in [-0.05, 0) is 19.1 Å². The zero-order valence-corrected chi connectivity index (χ0v) is 14.9. The number of amides is 2. The highest BCUT2D eigenvalue weighted by atomic mass is 16.5. The van der Waals surface area contributed by atoms with Gasteiger partial charge in [0, 0.05) is 30.8 Å². The quantitative estimate of drug-likeness (QED) is 0.764. The van der Waals surface area contributed by atoms with Gasteiger partial charge < -0.3 is 24.2 Å². The lowest BCUT2D eigenvalue weighted by Gasteiger charge is -2.17. The average molecular weight is 373 g/mol. The van der Waals surface area contributed by atoms with Gasteiger partial charge in [0.25, 0.3) is 5.91 Å². The summed E-state index contributed by atoms with van der Waals surface area (Å²) in [6.07, 6.45) is 0.0279. The third kappa shape index (κ3) is 4.43. The smallest absolute Gasteiger partial charge is 0.311 e. The second-order valence-corrected chi connectivity index (χ2v) is 6.09. The van der Waals surface area contributed by atoms with Crippen LogP contribution in [0.2, 0.25) is 0 Å². The number of esters is 1. The molecule has 142 valence electrons. The van der Waals surface area contributed by atoms with Crippen LogP contribution in [0.25, 0.3) is 0 Å². The van der Waals surface area contributed by atoms with E-state index >= 15 is 0 Å². The van der Waals surface area contributed by atoms with Crippen molar-refractivity contribution in [2.45, 2.75) is 13.3 Å². The van der Waals surface area contributed by atoms with Crippen LogP contribution in [-0.4, -0.2) is 43.2 Å². The highest BCUT2D eigenvalue weighted by Crippen LogP contribution is 2.28. The van der Waals surface area contributed by atoms with E-state index < -0.39 is 24.4 Å². The number of methoxy groups -OCH3 is 1. The molecule has 1 saturated heterocycles. The zero-order valence-electron chi connectivity index (χ0n) is 14.9. The topological polar surface area (TPSA) is 111 Å². The Balaban J connectivity index is 1.53. The Bertz CT molecular complexity index is 862. The van der Waals surface area contributed by atoms with Crippen LogP contribution < -0.4 is 15.0 Å². The minimum absolute atomic E-state index is 0.0279. The largest absolute Gasteiger partial charge is 0.497 e. The van der Waals surface area contributed by atoms with Gasteiger partial charge in [0.15, 0.2) is 12.4 Å². The molecule has 0 saturated carbocycles. The Labute approximate surface area is 155 Å². The van der Waals surface area contributed by atoms with Crippen molar-refractivity contribution in [1.82, 2.24) is 5.16 Å². The number of carbonyl (C=O) groups excluding carboxylic acids is 3. The Hall–Kier alpha value is -3.36. The molecule has 1 fully saturated rings. The van der Waals surface area contributed by atoms with Crippen LogP contribution in [0.5, 0.6) is 5.75 Å². The van der Waals surface area contributed by atoms with Crippen LogP contribution in [0.3, 0.4) is 0 Å². The van der Waals surface area contributed by atoms with E-state index in [1.165, 1.54) is 12.0 Å². The Morgan fingerprint density at radius 2 is 2.19 bits per heavy atom. The fraction of sp³-hybridized carbons (Fsp3) is 0.333. The van der Waals surface area contributed by atoms with Gasteiger partial charge in [-0.25, -0.2) is 0 Å². The number of benzene rings is 1. The summed E-state index contributed by atoms with van der Waals surface area (Å²) in [4.78, 5) is 37.8. The predicted molar refractivity (Wildman–Crippen MR) is 94.3 cm³/mol. The van der Waals surface area contributed by atoms with Crippen LogP contribution in [0.4, 0.5) is 11.5 Å². The Morgan fingerprint density at radius 3 is 2.89 bits per heavy atom. The van der Waals surface area contributed by atoms with Gasteiger partial charge in [0.1, 0.15) is 11.5 Å². The van der Waals surface area contributed by atoms with Crippen molar-refractivity contribution in [3.05, 3.63) is 36.1 Å². The van der Waals surface area contributed by atoms with E-state index in [9.17, 15) is 14.4 Å². The van der Waals surface area contributed by atoms with Crippen molar-refractivity contribution >= 4 is 29.3 Å². The molecule has 0 unspecified atom stereocenters. The molecule has 9 nitrogen and oxygen atoms in total. The second-order valence-electron chi connectivity index (χ2n) is 6.09. The summed E-state index contributed by atoms with van der Waals surface area (Å²) < 4.78 is 15.0. The van der Waals surface area contributed by atoms with Crippen LogP contribution in [0.15, 0.2) is 34.9 Å². The van der Waals surface area contributed by atoms with Gasteiger partial charge in [-0.1, -0.05) is 11.2 Å². The lowest BCUT2D eigenvalue weighted by Crippen LogP contribution is -2.28. The van der Waals surface area contributed by atoms with E-state index in [2.05, 4.69) is 10.5 Å². The monoisotopic (exact) mass is 373 g/mol. The minimum atomic E-state index is -0.634. The van der Waals surface area contributed by atoms with Crippen molar-refractivity contribution in [3.63, 3.8) is 0 Å². The molecule has 0 aliphatic carbocycles. The maximum Gasteiger partial charge on any atom is 0.311 e. The SMILES string of the molecule is COc1cccc(N2C[C@@H](C(=O)OCC(=O)Nc3cc(C)on3)CC2=O)c1. The summed E-state index contributed by atoms with van der Waals surface area (Å²) in [5, 5.41) is 6.07. The van der Waals surface area contributed by atoms with Gasteiger partial charge >= 0.3 is 5.97 Å². The first kappa shape index (κ1) is 18.4. The molecule has 2 amide bonds. The van der Waals surface area contributed by atoms with E-state index in [0.717, 1.165) is 0 Å². The number of carbonyl (C=O) groups is 3.